The Morgan fingerprint density at radius 2 is 1.91 bits per heavy atom. The van der Waals surface area contributed by atoms with Crippen molar-refractivity contribution in [2.24, 2.45) is 5.92 Å². The number of benzene rings is 1. The van der Waals surface area contributed by atoms with E-state index in [0.29, 0.717) is 42.0 Å². The van der Waals surface area contributed by atoms with Gasteiger partial charge in [0.2, 0.25) is 0 Å². The molecule has 0 spiro atoms. The Bertz CT molecular complexity index is 1210. The van der Waals surface area contributed by atoms with Crippen molar-refractivity contribution in [1.29, 1.82) is 5.26 Å². The number of hydrogen-bond acceptors (Lipinski definition) is 5. The van der Waals surface area contributed by atoms with Crippen molar-refractivity contribution in [1.82, 2.24) is 14.8 Å². The number of amides is 1. The van der Waals surface area contributed by atoms with Gasteiger partial charge in [-0.2, -0.15) is 23.5 Å². The molecule has 176 valence electrons. The Hall–Kier alpha value is -3.71. The SMILES string of the molecule is Cc1c(C(=O)Nc2ccc(C3CC(C#N)CCC3O)nc2)cnn1-c1ccc(C(F)(F)F)cc1. The van der Waals surface area contributed by atoms with Crippen LogP contribution in [0.4, 0.5) is 18.9 Å². The summed E-state index contributed by atoms with van der Waals surface area (Å²) in [7, 11) is 0. The average molecular weight is 469 g/mol. The predicted molar refractivity (Wildman–Crippen MR) is 117 cm³/mol. The Labute approximate surface area is 193 Å². The maximum absolute atomic E-state index is 12.8. The second-order valence-corrected chi connectivity index (χ2v) is 8.34. The number of pyridine rings is 1. The van der Waals surface area contributed by atoms with Gasteiger partial charge in [0, 0.05) is 17.5 Å². The van der Waals surface area contributed by atoms with Gasteiger partial charge >= 0.3 is 6.18 Å². The van der Waals surface area contributed by atoms with Crippen molar-refractivity contribution >= 4 is 11.6 Å². The number of carbonyl (C=O) groups excluding carboxylic acids is 1. The Kier molecular flexibility index (Phi) is 6.39. The number of nitriles is 1. The van der Waals surface area contributed by atoms with Gasteiger partial charge in [-0.15, -0.1) is 0 Å². The maximum atomic E-state index is 12.8. The van der Waals surface area contributed by atoms with Gasteiger partial charge in [-0.05, 0) is 62.6 Å². The van der Waals surface area contributed by atoms with Crippen LogP contribution in [0.5, 0.6) is 0 Å². The summed E-state index contributed by atoms with van der Waals surface area (Å²) < 4.78 is 39.8. The minimum Gasteiger partial charge on any atom is -0.392 e. The Morgan fingerprint density at radius 3 is 2.53 bits per heavy atom. The van der Waals surface area contributed by atoms with Gasteiger partial charge in [0.25, 0.3) is 5.91 Å². The first-order chi connectivity index (χ1) is 16.2. The molecule has 10 heteroatoms. The molecule has 1 saturated carbocycles. The molecule has 0 radical (unpaired) electrons. The van der Waals surface area contributed by atoms with E-state index in [-0.39, 0.29) is 17.4 Å². The molecule has 7 nitrogen and oxygen atoms in total. The fourth-order valence-corrected chi connectivity index (χ4v) is 4.17. The molecule has 4 rings (SSSR count). The van der Waals surface area contributed by atoms with Crippen LogP contribution in [0.1, 0.15) is 52.5 Å². The van der Waals surface area contributed by atoms with Crippen molar-refractivity contribution in [3.05, 3.63) is 71.3 Å². The summed E-state index contributed by atoms with van der Waals surface area (Å²) in [6.07, 6.45) is -0.392. The lowest BCUT2D eigenvalue weighted by Gasteiger charge is -2.29. The van der Waals surface area contributed by atoms with Gasteiger partial charge < -0.3 is 10.4 Å². The third-order valence-electron chi connectivity index (χ3n) is 6.11. The van der Waals surface area contributed by atoms with Gasteiger partial charge in [-0.25, -0.2) is 4.68 Å². The molecular weight excluding hydrogens is 447 g/mol. The summed E-state index contributed by atoms with van der Waals surface area (Å²) in [5.41, 5.74) is 1.48. The number of hydrogen-bond donors (Lipinski definition) is 2. The molecule has 3 atom stereocenters. The highest BCUT2D eigenvalue weighted by Gasteiger charge is 2.31. The third-order valence-corrected chi connectivity index (χ3v) is 6.11. The van der Waals surface area contributed by atoms with Crippen molar-refractivity contribution in [3.63, 3.8) is 0 Å². The monoisotopic (exact) mass is 469 g/mol. The number of aliphatic hydroxyl groups is 1. The first kappa shape index (κ1) is 23.4. The number of aliphatic hydroxyl groups excluding tert-OH is 1. The second kappa shape index (κ2) is 9.27. The van der Waals surface area contributed by atoms with E-state index < -0.39 is 23.8 Å². The van der Waals surface area contributed by atoms with Crippen LogP contribution in [-0.4, -0.2) is 31.9 Å². The zero-order valence-electron chi connectivity index (χ0n) is 18.3. The van der Waals surface area contributed by atoms with E-state index in [1.54, 1.807) is 19.1 Å². The molecule has 0 saturated heterocycles. The normalized spacial score (nSPS) is 20.5. The lowest BCUT2D eigenvalue weighted by atomic mass is 9.78. The summed E-state index contributed by atoms with van der Waals surface area (Å²) in [4.78, 5) is 17.1. The van der Waals surface area contributed by atoms with Crippen molar-refractivity contribution in [3.8, 4) is 11.8 Å². The van der Waals surface area contributed by atoms with E-state index >= 15 is 0 Å². The van der Waals surface area contributed by atoms with Crippen LogP contribution in [0.2, 0.25) is 0 Å². The van der Waals surface area contributed by atoms with E-state index in [2.05, 4.69) is 21.5 Å². The summed E-state index contributed by atoms with van der Waals surface area (Å²) in [5, 5.41) is 26.4. The summed E-state index contributed by atoms with van der Waals surface area (Å²) >= 11 is 0. The first-order valence-electron chi connectivity index (χ1n) is 10.7. The van der Waals surface area contributed by atoms with E-state index in [1.807, 2.05) is 0 Å². The predicted octanol–water partition coefficient (Wildman–Crippen LogP) is 4.62. The van der Waals surface area contributed by atoms with E-state index in [9.17, 15) is 28.3 Å². The van der Waals surface area contributed by atoms with Crippen LogP contribution >= 0.6 is 0 Å². The molecular formula is C24H22F3N5O2. The topological polar surface area (TPSA) is 104 Å². The Balaban J connectivity index is 1.46. The second-order valence-electron chi connectivity index (χ2n) is 8.34. The van der Waals surface area contributed by atoms with Gasteiger partial charge in [0.1, 0.15) is 0 Å². The summed E-state index contributed by atoms with van der Waals surface area (Å²) in [6.45, 7) is 1.65. The lowest BCUT2D eigenvalue weighted by Crippen LogP contribution is -2.27. The van der Waals surface area contributed by atoms with E-state index in [4.69, 9.17) is 0 Å². The van der Waals surface area contributed by atoms with Crippen LogP contribution in [0.3, 0.4) is 0 Å². The molecule has 2 heterocycles. The minimum atomic E-state index is -4.43. The first-order valence-corrected chi connectivity index (χ1v) is 10.7. The number of anilines is 1. The van der Waals surface area contributed by atoms with Gasteiger partial charge in [-0.3, -0.25) is 9.78 Å². The number of nitrogens with one attached hydrogen (secondary N) is 1. The standard InChI is InChI=1S/C24H22F3N5O2/c1-14-20(13-30-32(14)18-6-3-16(4-7-18)24(25,26)27)23(34)31-17-5-8-21(29-12-17)19-10-15(11-28)2-9-22(19)33/h3-8,12-13,15,19,22,33H,2,9-10H2,1H3,(H,31,34). The van der Waals surface area contributed by atoms with Crippen LogP contribution in [-0.2, 0) is 6.18 Å². The maximum Gasteiger partial charge on any atom is 0.416 e. The molecule has 1 amide bonds. The van der Waals surface area contributed by atoms with E-state index in [0.717, 1.165) is 12.1 Å². The van der Waals surface area contributed by atoms with Gasteiger partial charge in [0.15, 0.2) is 0 Å². The molecule has 0 aliphatic heterocycles. The number of halogens is 3. The number of rotatable bonds is 4. The molecule has 1 aliphatic carbocycles. The van der Waals surface area contributed by atoms with E-state index in [1.165, 1.54) is 29.2 Å². The third kappa shape index (κ3) is 4.79. The smallest absolute Gasteiger partial charge is 0.392 e. The van der Waals surface area contributed by atoms with Gasteiger partial charge in [0.05, 0.1) is 52.8 Å². The van der Waals surface area contributed by atoms with Crippen molar-refractivity contribution in [2.45, 2.75) is 44.4 Å². The molecule has 0 bridgehead atoms. The minimum absolute atomic E-state index is 0.112. The van der Waals surface area contributed by atoms with Crippen LogP contribution < -0.4 is 5.32 Å². The number of aromatic nitrogens is 3. The fourth-order valence-electron chi connectivity index (χ4n) is 4.17. The number of carbonyl (C=O) groups is 1. The molecule has 1 aliphatic rings. The van der Waals surface area contributed by atoms with Crippen LogP contribution in [0.25, 0.3) is 5.69 Å². The molecule has 1 aromatic carbocycles. The molecule has 34 heavy (non-hydrogen) atoms. The molecule has 1 fully saturated rings. The summed E-state index contributed by atoms with van der Waals surface area (Å²) in [6, 6.07) is 10.2. The Morgan fingerprint density at radius 1 is 1.18 bits per heavy atom. The lowest BCUT2D eigenvalue weighted by molar-refractivity contribution is -0.137. The molecule has 3 aromatic rings. The molecule has 3 unspecified atom stereocenters. The highest BCUT2D eigenvalue weighted by molar-refractivity contribution is 6.04. The van der Waals surface area contributed by atoms with Crippen molar-refractivity contribution < 1.29 is 23.1 Å². The highest BCUT2D eigenvalue weighted by Crippen LogP contribution is 2.35. The molecule has 2 aromatic heterocycles. The van der Waals surface area contributed by atoms with Gasteiger partial charge in [-0.1, -0.05) is 0 Å². The largest absolute Gasteiger partial charge is 0.416 e. The summed E-state index contributed by atoms with van der Waals surface area (Å²) in [5.74, 6) is -0.779. The molecule has 2 N–H and O–H groups in total. The van der Waals surface area contributed by atoms with Crippen LogP contribution in [0, 0.1) is 24.2 Å². The van der Waals surface area contributed by atoms with Crippen LogP contribution in [0.15, 0.2) is 48.8 Å². The highest BCUT2D eigenvalue weighted by atomic mass is 19.4. The quantitative estimate of drug-likeness (QED) is 0.581. The fraction of sp³-hybridized carbons (Fsp3) is 0.333. The zero-order valence-corrected chi connectivity index (χ0v) is 18.3. The number of alkyl halides is 3. The average Bonchev–Trinajstić information content (AvgIpc) is 3.21. The van der Waals surface area contributed by atoms with Crippen molar-refractivity contribution in [2.75, 3.05) is 5.32 Å². The number of nitrogens with zero attached hydrogens (tertiary/aromatic N) is 4. The zero-order chi connectivity index (χ0) is 24.5.